The fraction of sp³-hybridized carbons (Fsp3) is 0.300. The third kappa shape index (κ3) is 3.22. The van der Waals surface area contributed by atoms with E-state index in [1.807, 2.05) is 31.2 Å². The lowest BCUT2D eigenvalue weighted by atomic mass is 10.1. The van der Waals surface area contributed by atoms with E-state index in [0.717, 1.165) is 12.0 Å². The lowest BCUT2D eigenvalue weighted by Crippen LogP contribution is -2.35. The largest absolute Gasteiger partial charge is 0.497 e. The Morgan fingerprint density at radius 2 is 1.88 bits per heavy atom. The van der Waals surface area contributed by atoms with Crippen LogP contribution in [0.2, 0.25) is 0 Å². The number of para-hydroxylation sites is 1. The number of ether oxygens (including phenoxy) is 2. The third-order valence-electron chi connectivity index (χ3n) is 4.50. The van der Waals surface area contributed by atoms with E-state index in [2.05, 4.69) is 5.32 Å². The molecule has 1 aliphatic rings. The van der Waals surface area contributed by atoms with Gasteiger partial charge in [-0.15, -0.1) is 0 Å². The van der Waals surface area contributed by atoms with Crippen molar-refractivity contribution in [3.63, 3.8) is 0 Å². The summed E-state index contributed by atoms with van der Waals surface area (Å²) in [4.78, 5) is 26.7. The number of hydrogen-bond acceptors (Lipinski definition) is 5. The van der Waals surface area contributed by atoms with Crippen LogP contribution in [-0.2, 0) is 16.0 Å². The molecule has 2 aromatic rings. The molecule has 6 nitrogen and oxygen atoms in total. The first-order valence-corrected chi connectivity index (χ1v) is 8.52. The minimum absolute atomic E-state index is 0.103. The first-order valence-electron chi connectivity index (χ1n) is 8.52. The summed E-state index contributed by atoms with van der Waals surface area (Å²) < 4.78 is 10.5. The van der Waals surface area contributed by atoms with Gasteiger partial charge < -0.3 is 14.8 Å². The maximum absolute atomic E-state index is 12.9. The highest BCUT2D eigenvalue weighted by molar-refractivity contribution is 6.23. The van der Waals surface area contributed by atoms with Crippen molar-refractivity contribution in [3.05, 3.63) is 48.0 Å². The lowest BCUT2D eigenvalue weighted by Gasteiger charge is -2.19. The number of rotatable bonds is 6. The van der Waals surface area contributed by atoms with Crippen molar-refractivity contribution >= 4 is 23.2 Å². The van der Waals surface area contributed by atoms with Gasteiger partial charge >= 0.3 is 0 Å². The molecule has 1 aliphatic heterocycles. The summed E-state index contributed by atoms with van der Waals surface area (Å²) in [6, 6.07) is 12.1. The Balaban J connectivity index is 1.86. The Labute approximate surface area is 152 Å². The molecule has 26 heavy (non-hydrogen) atoms. The highest BCUT2D eigenvalue weighted by atomic mass is 16.5. The predicted octanol–water partition coefficient (Wildman–Crippen LogP) is 3.01. The summed E-state index contributed by atoms with van der Waals surface area (Å²) in [6.07, 6.45) is 0.851. The Bertz CT molecular complexity index is 834. The summed E-state index contributed by atoms with van der Waals surface area (Å²) in [7, 11) is 3.12. The summed E-state index contributed by atoms with van der Waals surface area (Å²) in [5.41, 5.74) is 2.28. The van der Waals surface area contributed by atoms with Crippen LogP contribution in [-0.4, -0.2) is 32.1 Å². The average molecular weight is 354 g/mol. The molecular weight excluding hydrogens is 332 g/mol. The molecule has 6 heteroatoms. The quantitative estimate of drug-likeness (QED) is 0.808. The molecular formula is C20H22N2O4. The maximum atomic E-state index is 12.9. The van der Waals surface area contributed by atoms with Crippen LogP contribution in [0.3, 0.4) is 0 Å². The van der Waals surface area contributed by atoms with E-state index in [1.54, 1.807) is 32.4 Å². The number of imide groups is 1. The second-order valence-electron chi connectivity index (χ2n) is 6.02. The number of nitrogens with one attached hydrogen (secondary N) is 1. The van der Waals surface area contributed by atoms with Crippen molar-refractivity contribution < 1.29 is 19.1 Å². The molecule has 1 unspecified atom stereocenters. The predicted molar refractivity (Wildman–Crippen MR) is 99.9 cm³/mol. The van der Waals surface area contributed by atoms with Gasteiger partial charge in [0.1, 0.15) is 17.5 Å². The van der Waals surface area contributed by atoms with Gasteiger partial charge in [-0.05, 0) is 30.2 Å². The topological polar surface area (TPSA) is 67.9 Å². The highest BCUT2D eigenvalue weighted by Crippen LogP contribution is 2.33. The molecule has 1 N–H and O–H groups in total. The second kappa shape index (κ2) is 7.47. The highest BCUT2D eigenvalue weighted by Gasteiger charge is 2.40. The molecule has 2 amide bonds. The number of methoxy groups -OCH3 is 2. The van der Waals surface area contributed by atoms with E-state index in [4.69, 9.17) is 9.47 Å². The van der Waals surface area contributed by atoms with Crippen LogP contribution in [0.1, 0.15) is 18.9 Å². The van der Waals surface area contributed by atoms with Gasteiger partial charge in [0, 0.05) is 6.07 Å². The monoisotopic (exact) mass is 354 g/mol. The van der Waals surface area contributed by atoms with Gasteiger partial charge in [0.15, 0.2) is 0 Å². The Morgan fingerprint density at radius 1 is 1.12 bits per heavy atom. The van der Waals surface area contributed by atoms with E-state index >= 15 is 0 Å². The molecule has 136 valence electrons. The van der Waals surface area contributed by atoms with Crippen LogP contribution in [0.4, 0.5) is 11.4 Å². The van der Waals surface area contributed by atoms with Crippen LogP contribution in [0, 0.1) is 0 Å². The van der Waals surface area contributed by atoms with Crippen molar-refractivity contribution in [1.82, 2.24) is 0 Å². The lowest BCUT2D eigenvalue weighted by molar-refractivity contribution is -0.121. The zero-order chi connectivity index (χ0) is 18.7. The zero-order valence-corrected chi connectivity index (χ0v) is 15.1. The summed E-state index contributed by atoms with van der Waals surface area (Å²) in [5.74, 6) is 0.742. The SMILES string of the molecule is CCc1ccccc1N1C(=O)CC(Nc2ccc(OC)cc2OC)C1=O. The van der Waals surface area contributed by atoms with Crippen molar-refractivity contribution in [2.24, 2.45) is 0 Å². The van der Waals surface area contributed by atoms with Crippen LogP contribution in [0.15, 0.2) is 42.5 Å². The molecule has 1 fully saturated rings. The number of carbonyl (C=O) groups excluding carboxylic acids is 2. The van der Waals surface area contributed by atoms with E-state index in [1.165, 1.54) is 4.90 Å². The van der Waals surface area contributed by atoms with Crippen LogP contribution in [0.5, 0.6) is 11.5 Å². The van der Waals surface area contributed by atoms with Gasteiger partial charge in [-0.25, -0.2) is 4.90 Å². The number of amides is 2. The van der Waals surface area contributed by atoms with Gasteiger partial charge in [0.25, 0.3) is 5.91 Å². The fourth-order valence-corrected chi connectivity index (χ4v) is 3.13. The summed E-state index contributed by atoms with van der Waals surface area (Å²) in [5, 5.41) is 3.14. The smallest absolute Gasteiger partial charge is 0.256 e. The average Bonchev–Trinajstić information content (AvgIpc) is 2.95. The molecule has 0 bridgehead atoms. The number of anilines is 2. The van der Waals surface area contributed by atoms with E-state index in [9.17, 15) is 9.59 Å². The van der Waals surface area contributed by atoms with Crippen molar-refractivity contribution in [1.29, 1.82) is 0 Å². The summed E-state index contributed by atoms with van der Waals surface area (Å²) in [6.45, 7) is 2.00. The minimum atomic E-state index is -0.630. The Kier molecular flexibility index (Phi) is 5.11. The number of carbonyl (C=O) groups is 2. The Morgan fingerprint density at radius 3 is 2.58 bits per heavy atom. The normalized spacial score (nSPS) is 16.7. The van der Waals surface area contributed by atoms with Crippen LogP contribution >= 0.6 is 0 Å². The van der Waals surface area contributed by atoms with Crippen molar-refractivity contribution in [2.75, 3.05) is 24.4 Å². The molecule has 0 aromatic heterocycles. The van der Waals surface area contributed by atoms with Gasteiger partial charge in [-0.1, -0.05) is 25.1 Å². The van der Waals surface area contributed by atoms with E-state index < -0.39 is 6.04 Å². The first-order chi connectivity index (χ1) is 12.6. The van der Waals surface area contributed by atoms with E-state index in [-0.39, 0.29) is 18.2 Å². The number of benzene rings is 2. The molecule has 0 radical (unpaired) electrons. The molecule has 1 atom stereocenters. The molecule has 1 heterocycles. The molecule has 1 saturated heterocycles. The van der Waals surface area contributed by atoms with Gasteiger partial charge in [0.2, 0.25) is 5.91 Å². The minimum Gasteiger partial charge on any atom is -0.497 e. The van der Waals surface area contributed by atoms with Gasteiger partial charge in [-0.3, -0.25) is 9.59 Å². The van der Waals surface area contributed by atoms with E-state index in [0.29, 0.717) is 22.9 Å². The molecule has 0 spiro atoms. The molecule has 0 aliphatic carbocycles. The van der Waals surface area contributed by atoms with Gasteiger partial charge in [0.05, 0.1) is 32.0 Å². The molecule has 3 rings (SSSR count). The third-order valence-corrected chi connectivity index (χ3v) is 4.50. The number of nitrogens with zero attached hydrogens (tertiary/aromatic N) is 1. The zero-order valence-electron chi connectivity index (χ0n) is 15.1. The van der Waals surface area contributed by atoms with Crippen LogP contribution < -0.4 is 19.7 Å². The number of hydrogen-bond donors (Lipinski definition) is 1. The Hall–Kier alpha value is -3.02. The maximum Gasteiger partial charge on any atom is 0.256 e. The van der Waals surface area contributed by atoms with Gasteiger partial charge in [-0.2, -0.15) is 0 Å². The number of aryl methyl sites for hydroxylation is 1. The van der Waals surface area contributed by atoms with Crippen LogP contribution in [0.25, 0.3) is 0 Å². The fourth-order valence-electron chi connectivity index (χ4n) is 3.13. The molecule has 2 aromatic carbocycles. The first kappa shape index (κ1) is 17.8. The summed E-state index contributed by atoms with van der Waals surface area (Å²) >= 11 is 0. The standard InChI is InChI=1S/C20H22N2O4/c1-4-13-7-5-6-8-17(13)22-19(23)12-16(20(22)24)21-15-10-9-14(25-2)11-18(15)26-3/h5-11,16,21H,4,12H2,1-3H3. The second-order valence-corrected chi connectivity index (χ2v) is 6.02. The van der Waals surface area contributed by atoms with Crippen molar-refractivity contribution in [2.45, 2.75) is 25.8 Å². The van der Waals surface area contributed by atoms with Crippen molar-refractivity contribution in [3.8, 4) is 11.5 Å². The molecule has 0 saturated carbocycles.